The van der Waals surface area contributed by atoms with E-state index in [2.05, 4.69) is 5.10 Å². The van der Waals surface area contributed by atoms with Crippen LogP contribution < -0.4 is 0 Å². The van der Waals surface area contributed by atoms with E-state index in [-0.39, 0.29) is 11.9 Å². The molecular formula is C12H15N3OS2. The Bertz CT molecular complexity index is 546. The number of rotatable bonds is 2. The lowest BCUT2D eigenvalue weighted by Crippen LogP contribution is -2.34. The van der Waals surface area contributed by atoms with Crippen molar-refractivity contribution in [3.05, 3.63) is 22.4 Å². The number of aromatic nitrogens is 2. The Morgan fingerprint density at radius 3 is 2.61 bits per heavy atom. The maximum absolute atomic E-state index is 12.2. The molecule has 1 fully saturated rings. The molecule has 0 atom stereocenters. The van der Waals surface area contributed by atoms with Crippen molar-refractivity contribution in [2.45, 2.75) is 26.8 Å². The monoisotopic (exact) mass is 281 g/mol. The molecule has 0 aromatic carbocycles. The third-order valence-corrected chi connectivity index (χ3v) is 4.23. The summed E-state index contributed by atoms with van der Waals surface area (Å²) in [4.78, 5) is 14.5. The van der Waals surface area contributed by atoms with Crippen LogP contribution in [0.1, 0.15) is 25.1 Å². The Morgan fingerprint density at radius 1 is 1.50 bits per heavy atom. The smallest absolute Gasteiger partial charge is 0.266 e. The lowest BCUT2D eigenvalue weighted by molar-refractivity contribution is -0.123. The molecule has 2 rings (SSSR count). The van der Waals surface area contributed by atoms with Gasteiger partial charge in [0.2, 0.25) is 0 Å². The van der Waals surface area contributed by atoms with Gasteiger partial charge in [-0.05, 0) is 26.8 Å². The number of carbonyl (C=O) groups excluding carboxylic acids is 1. The molecule has 4 nitrogen and oxygen atoms in total. The predicted molar refractivity (Wildman–Crippen MR) is 78.1 cm³/mol. The van der Waals surface area contributed by atoms with Crippen molar-refractivity contribution in [3.8, 4) is 0 Å². The van der Waals surface area contributed by atoms with E-state index in [0.29, 0.717) is 9.23 Å². The van der Waals surface area contributed by atoms with E-state index in [1.165, 1.54) is 11.8 Å². The first-order valence-corrected chi connectivity index (χ1v) is 6.90. The highest BCUT2D eigenvalue weighted by Gasteiger charge is 2.33. The summed E-state index contributed by atoms with van der Waals surface area (Å²) < 4.78 is 2.41. The van der Waals surface area contributed by atoms with Gasteiger partial charge in [0.15, 0.2) is 0 Å². The SMILES string of the molecule is Cc1c(/C=C2/SC(=S)N(C(C)C)C2=O)cnn1C. The molecule has 1 amide bonds. The lowest BCUT2D eigenvalue weighted by atomic mass is 10.2. The summed E-state index contributed by atoms with van der Waals surface area (Å²) in [5.41, 5.74) is 1.99. The van der Waals surface area contributed by atoms with Crippen LogP contribution in [0.15, 0.2) is 11.1 Å². The molecule has 0 unspecified atom stereocenters. The van der Waals surface area contributed by atoms with E-state index in [4.69, 9.17) is 12.2 Å². The first-order valence-electron chi connectivity index (χ1n) is 5.67. The number of hydrogen-bond acceptors (Lipinski definition) is 4. The molecule has 1 aromatic rings. The molecule has 0 saturated carbocycles. The number of amides is 1. The van der Waals surface area contributed by atoms with Crippen molar-refractivity contribution >= 4 is 40.3 Å². The highest BCUT2D eigenvalue weighted by molar-refractivity contribution is 8.26. The third-order valence-electron chi connectivity index (χ3n) is 2.90. The Kier molecular flexibility index (Phi) is 3.59. The van der Waals surface area contributed by atoms with Gasteiger partial charge in [-0.15, -0.1) is 0 Å². The Labute approximate surface area is 116 Å². The topological polar surface area (TPSA) is 38.1 Å². The molecule has 1 saturated heterocycles. The van der Waals surface area contributed by atoms with Crippen LogP contribution in [0.25, 0.3) is 6.08 Å². The first kappa shape index (κ1) is 13.3. The highest BCUT2D eigenvalue weighted by atomic mass is 32.2. The van der Waals surface area contributed by atoms with Gasteiger partial charge in [0.25, 0.3) is 5.91 Å². The molecule has 96 valence electrons. The number of thiocarbonyl (C=S) groups is 1. The average molecular weight is 281 g/mol. The number of nitrogens with zero attached hydrogens (tertiary/aromatic N) is 3. The Hall–Kier alpha value is -1.14. The number of hydrogen-bond donors (Lipinski definition) is 0. The molecule has 0 aliphatic carbocycles. The van der Waals surface area contributed by atoms with Gasteiger partial charge in [-0.3, -0.25) is 14.4 Å². The second-order valence-corrected chi connectivity index (χ2v) is 6.13. The van der Waals surface area contributed by atoms with Crippen LogP contribution >= 0.6 is 24.0 Å². The van der Waals surface area contributed by atoms with E-state index < -0.39 is 0 Å². The van der Waals surface area contributed by atoms with Crippen molar-refractivity contribution in [2.24, 2.45) is 7.05 Å². The maximum Gasteiger partial charge on any atom is 0.266 e. The summed E-state index contributed by atoms with van der Waals surface area (Å²) >= 11 is 6.59. The third kappa shape index (κ3) is 2.22. The summed E-state index contributed by atoms with van der Waals surface area (Å²) in [5, 5.41) is 4.16. The van der Waals surface area contributed by atoms with E-state index in [0.717, 1.165) is 11.3 Å². The van der Waals surface area contributed by atoms with Gasteiger partial charge in [-0.1, -0.05) is 24.0 Å². The Balaban J connectivity index is 2.34. The minimum absolute atomic E-state index is 0.0109. The summed E-state index contributed by atoms with van der Waals surface area (Å²) in [6.45, 7) is 5.90. The van der Waals surface area contributed by atoms with E-state index in [9.17, 15) is 4.79 Å². The maximum atomic E-state index is 12.2. The zero-order chi connectivity index (χ0) is 13.4. The van der Waals surface area contributed by atoms with Gasteiger partial charge >= 0.3 is 0 Å². The fourth-order valence-electron chi connectivity index (χ4n) is 1.72. The molecule has 0 N–H and O–H groups in total. The normalized spacial score (nSPS) is 18.5. The van der Waals surface area contributed by atoms with Crippen LogP contribution in [-0.4, -0.2) is 30.9 Å². The second kappa shape index (κ2) is 4.85. The van der Waals surface area contributed by atoms with Crippen LogP contribution in [0.5, 0.6) is 0 Å². The first-order chi connectivity index (χ1) is 8.41. The molecule has 1 aromatic heterocycles. The Morgan fingerprint density at radius 2 is 2.17 bits per heavy atom. The number of carbonyl (C=O) groups is 1. The molecule has 0 spiro atoms. The predicted octanol–water partition coefficient (Wildman–Crippen LogP) is 2.34. The summed E-state index contributed by atoms with van der Waals surface area (Å²) in [6, 6.07) is 0.0957. The van der Waals surface area contributed by atoms with Crippen LogP contribution in [0.3, 0.4) is 0 Å². The van der Waals surface area contributed by atoms with Crippen molar-refractivity contribution < 1.29 is 4.79 Å². The van der Waals surface area contributed by atoms with Gasteiger partial charge in [-0.2, -0.15) is 5.10 Å². The summed E-state index contributed by atoms with van der Waals surface area (Å²) in [6.07, 6.45) is 3.63. The van der Waals surface area contributed by atoms with E-state index in [1.54, 1.807) is 15.8 Å². The van der Waals surface area contributed by atoms with Crippen LogP contribution in [0, 0.1) is 6.92 Å². The van der Waals surface area contributed by atoms with Crippen LogP contribution in [0.2, 0.25) is 0 Å². The molecule has 1 aliphatic heterocycles. The van der Waals surface area contributed by atoms with Crippen molar-refractivity contribution in [3.63, 3.8) is 0 Å². The summed E-state index contributed by atoms with van der Waals surface area (Å²) in [5.74, 6) is -0.0109. The van der Waals surface area contributed by atoms with Crippen LogP contribution in [0.4, 0.5) is 0 Å². The minimum Gasteiger partial charge on any atom is -0.290 e. The highest BCUT2D eigenvalue weighted by Crippen LogP contribution is 2.34. The minimum atomic E-state index is -0.0109. The van der Waals surface area contributed by atoms with Crippen molar-refractivity contribution in [1.29, 1.82) is 0 Å². The fourth-order valence-corrected chi connectivity index (χ4v) is 3.24. The molecule has 18 heavy (non-hydrogen) atoms. The fraction of sp³-hybridized carbons (Fsp3) is 0.417. The molecule has 6 heteroatoms. The second-order valence-electron chi connectivity index (χ2n) is 4.45. The molecule has 0 radical (unpaired) electrons. The number of aryl methyl sites for hydroxylation is 1. The van der Waals surface area contributed by atoms with Gasteiger partial charge in [0.1, 0.15) is 4.32 Å². The number of thioether (sulfide) groups is 1. The van der Waals surface area contributed by atoms with Gasteiger partial charge in [0, 0.05) is 24.3 Å². The van der Waals surface area contributed by atoms with Gasteiger partial charge < -0.3 is 0 Å². The zero-order valence-electron chi connectivity index (χ0n) is 10.8. The van der Waals surface area contributed by atoms with Gasteiger partial charge in [-0.25, -0.2) is 0 Å². The standard InChI is InChI=1S/C12H15N3OS2/c1-7(2)15-11(16)10(18-12(15)17)5-9-6-13-14(4)8(9)3/h5-7H,1-4H3/b10-5+. The largest absolute Gasteiger partial charge is 0.290 e. The lowest BCUT2D eigenvalue weighted by Gasteiger charge is -2.18. The van der Waals surface area contributed by atoms with E-state index in [1.807, 2.05) is 33.9 Å². The van der Waals surface area contributed by atoms with Gasteiger partial charge in [0.05, 0.1) is 11.1 Å². The quantitative estimate of drug-likeness (QED) is 0.616. The molecule has 1 aliphatic rings. The molecular weight excluding hydrogens is 266 g/mol. The average Bonchev–Trinajstić information content (AvgIpc) is 2.73. The van der Waals surface area contributed by atoms with E-state index >= 15 is 0 Å². The molecule has 0 bridgehead atoms. The van der Waals surface area contributed by atoms with Crippen molar-refractivity contribution in [2.75, 3.05) is 0 Å². The molecule has 2 heterocycles. The van der Waals surface area contributed by atoms with Crippen molar-refractivity contribution in [1.82, 2.24) is 14.7 Å². The van der Waals surface area contributed by atoms with Crippen LogP contribution in [-0.2, 0) is 11.8 Å². The zero-order valence-corrected chi connectivity index (χ0v) is 12.4. The summed E-state index contributed by atoms with van der Waals surface area (Å²) in [7, 11) is 1.88.